The van der Waals surface area contributed by atoms with Crippen LogP contribution in [0.2, 0.25) is 0 Å². The number of nitrogens with zero attached hydrogens (tertiary/aromatic N) is 1. The molecule has 2 aromatic carbocycles. The zero-order valence-corrected chi connectivity index (χ0v) is 17.9. The SMILES string of the molecule is CCNC(=NCc1ccc(OC)cc1)NCC1COc2ccccc2O1.I. The van der Waals surface area contributed by atoms with Gasteiger partial charge in [0.2, 0.25) is 0 Å². The molecule has 0 aliphatic carbocycles. The van der Waals surface area contributed by atoms with Crippen LogP contribution in [-0.4, -0.2) is 38.9 Å². The molecule has 1 aliphatic heterocycles. The molecule has 0 saturated heterocycles. The van der Waals surface area contributed by atoms with Crippen LogP contribution >= 0.6 is 24.0 Å². The van der Waals surface area contributed by atoms with Gasteiger partial charge in [0.1, 0.15) is 18.5 Å². The summed E-state index contributed by atoms with van der Waals surface area (Å²) in [7, 11) is 1.66. The highest BCUT2D eigenvalue weighted by molar-refractivity contribution is 14.0. The largest absolute Gasteiger partial charge is 0.497 e. The Hall–Kier alpha value is -2.16. The van der Waals surface area contributed by atoms with Gasteiger partial charge in [0.15, 0.2) is 17.5 Å². The zero-order chi connectivity index (χ0) is 18.2. The van der Waals surface area contributed by atoms with E-state index in [1.165, 1.54) is 0 Å². The second-order valence-corrected chi connectivity index (χ2v) is 5.92. The molecule has 0 spiro atoms. The minimum atomic E-state index is -0.0604. The van der Waals surface area contributed by atoms with Crippen molar-refractivity contribution in [3.8, 4) is 17.2 Å². The quantitative estimate of drug-likeness (QED) is 0.376. The maximum Gasteiger partial charge on any atom is 0.191 e. The Balaban J connectivity index is 0.00000261. The van der Waals surface area contributed by atoms with E-state index in [2.05, 4.69) is 15.6 Å². The maximum absolute atomic E-state index is 5.96. The summed E-state index contributed by atoms with van der Waals surface area (Å²) in [5.41, 5.74) is 1.12. The Morgan fingerprint density at radius 3 is 2.56 bits per heavy atom. The summed E-state index contributed by atoms with van der Waals surface area (Å²) in [6, 6.07) is 15.6. The molecule has 27 heavy (non-hydrogen) atoms. The number of aliphatic imine (C=N–C) groups is 1. The number of para-hydroxylation sites is 2. The van der Waals surface area contributed by atoms with Crippen LogP contribution in [0.3, 0.4) is 0 Å². The van der Waals surface area contributed by atoms with Crippen LogP contribution in [0.15, 0.2) is 53.5 Å². The predicted octanol–water partition coefficient (Wildman–Crippen LogP) is 3.21. The van der Waals surface area contributed by atoms with Gasteiger partial charge in [0, 0.05) is 6.54 Å². The Morgan fingerprint density at radius 1 is 1.11 bits per heavy atom. The lowest BCUT2D eigenvalue weighted by atomic mass is 10.2. The van der Waals surface area contributed by atoms with Crippen molar-refractivity contribution in [1.82, 2.24) is 10.6 Å². The molecular weight excluding hydrogens is 457 g/mol. The highest BCUT2D eigenvalue weighted by Crippen LogP contribution is 2.30. The Kier molecular flexibility index (Phi) is 8.50. The van der Waals surface area contributed by atoms with Gasteiger partial charge in [0.25, 0.3) is 0 Å². The lowest BCUT2D eigenvalue weighted by molar-refractivity contribution is 0.0936. The zero-order valence-electron chi connectivity index (χ0n) is 15.6. The summed E-state index contributed by atoms with van der Waals surface area (Å²) < 4.78 is 16.9. The van der Waals surface area contributed by atoms with E-state index in [4.69, 9.17) is 14.2 Å². The monoisotopic (exact) mass is 483 g/mol. The molecule has 0 fully saturated rings. The third-order valence-corrected chi connectivity index (χ3v) is 3.99. The van der Waals surface area contributed by atoms with E-state index in [-0.39, 0.29) is 30.1 Å². The molecule has 0 bridgehead atoms. The Bertz CT molecular complexity index is 738. The first kappa shape index (κ1) is 21.1. The average molecular weight is 483 g/mol. The van der Waals surface area contributed by atoms with Crippen molar-refractivity contribution < 1.29 is 14.2 Å². The van der Waals surface area contributed by atoms with E-state index < -0.39 is 0 Å². The molecule has 0 amide bonds. The molecule has 2 N–H and O–H groups in total. The second kappa shape index (κ2) is 10.9. The van der Waals surface area contributed by atoms with Crippen LogP contribution < -0.4 is 24.8 Å². The van der Waals surface area contributed by atoms with Gasteiger partial charge in [-0.3, -0.25) is 0 Å². The molecule has 1 atom stereocenters. The first-order valence-corrected chi connectivity index (χ1v) is 8.82. The van der Waals surface area contributed by atoms with Gasteiger partial charge in [-0.2, -0.15) is 0 Å². The minimum absolute atomic E-state index is 0. The highest BCUT2D eigenvalue weighted by atomic mass is 127. The average Bonchev–Trinajstić information content (AvgIpc) is 2.70. The van der Waals surface area contributed by atoms with Gasteiger partial charge in [-0.1, -0.05) is 24.3 Å². The molecule has 2 aromatic rings. The predicted molar refractivity (Wildman–Crippen MR) is 118 cm³/mol. The number of fused-ring (bicyclic) bond motifs is 1. The van der Waals surface area contributed by atoms with Gasteiger partial charge in [-0.25, -0.2) is 4.99 Å². The molecule has 1 aliphatic rings. The number of hydrogen-bond acceptors (Lipinski definition) is 4. The topological polar surface area (TPSA) is 64.1 Å². The molecule has 3 rings (SSSR count). The number of ether oxygens (including phenoxy) is 3. The van der Waals surface area contributed by atoms with E-state index in [0.29, 0.717) is 19.7 Å². The van der Waals surface area contributed by atoms with Crippen LogP contribution in [0, 0.1) is 0 Å². The number of hydrogen-bond donors (Lipinski definition) is 2. The van der Waals surface area contributed by atoms with Crippen molar-refractivity contribution in [2.24, 2.45) is 4.99 Å². The van der Waals surface area contributed by atoms with Gasteiger partial charge in [-0.15, -0.1) is 24.0 Å². The fourth-order valence-electron chi connectivity index (χ4n) is 2.62. The fraction of sp³-hybridized carbons (Fsp3) is 0.350. The molecule has 0 aromatic heterocycles. The Morgan fingerprint density at radius 2 is 1.85 bits per heavy atom. The van der Waals surface area contributed by atoms with Gasteiger partial charge in [0.05, 0.1) is 20.2 Å². The number of guanidine groups is 1. The summed E-state index contributed by atoms with van der Waals surface area (Å²) >= 11 is 0. The van der Waals surface area contributed by atoms with E-state index in [0.717, 1.165) is 35.3 Å². The number of rotatable bonds is 6. The molecular formula is C20H26IN3O3. The molecule has 1 heterocycles. The van der Waals surface area contributed by atoms with Crippen LogP contribution in [0.5, 0.6) is 17.2 Å². The summed E-state index contributed by atoms with van der Waals surface area (Å²) in [6.45, 7) is 4.55. The summed E-state index contributed by atoms with van der Waals surface area (Å²) in [5, 5.41) is 6.58. The highest BCUT2D eigenvalue weighted by Gasteiger charge is 2.20. The van der Waals surface area contributed by atoms with Crippen LogP contribution in [-0.2, 0) is 6.54 Å². The fourth-order valence-corrected chi connectivity index (χ4v) is 2.62. The van der Waals surface area contributed by atoms with E-state index in [1.54, 1.807) is 7.11 Å². The third kappa shape index (κ3) is 6.20. The normalized spacial score (nSPS) is 15.5. The van der Waals surface area contributed by atoms with Gasteiger partial charge in [-0.05, 0) is 36.8 Å². The van der Waals surface area contributed by atoms with Gasteiger partial charge >= 0.3 is 0 Å². The summed E-state index contributed by atoms with van der Waals surface area (Å²) in [4.78, 5) is 4.63. The molecule has 0 saturated carbocycles. The van der Waals surface area contributed by atoms with E-state index in [9.17, 15) is 0 Å². The standard InChI is InChI=1S/C20H25N3O3.HI/c1-3-21-20(22-12-15-8-10-16(24-2)11-9-15)23-13-17-14-25-18-6-4-5-7-19(18)26-17;/h4-11,17H,3,12-14H2,1-2H3,(H2,21,22,23);1H. The number of benzene rings is 2. The van der Waals surface area contributed by atoms with Crippen LogP contribution in [0.25, 0.3) is 0 Å². The number of halogens is 1. The molecule has 1 unspecified atom stereocenters. The van der Waals surface area contributed by atoms with Crippen molar-refractivity contribution in [3.63, 3.8) is 0 Å². The first-order chi connectivity index (χ1) is 12.8. The molecule has 6 nitrogen and oxygen atoms in total. The molecule has 7 heteroatoms. The molecule has 0 radical (unpaired) electrons. The lowest BCUT2D eigenvalue weighted by Gasteiger charge is -2.27. The number of nitrogens with one attached hydrogen (secondary N) is 2. The maximum atomic E-state index is 5.96. The van der Waals surface area contributed by atoms with Crippen molar-refractivity contribution in [1.29, 1.82) is 0 Å². The summed E-state index contributed by atoms with van der Waals surface area (Å²) in [6.07, 6.45) is -0.0604. The van der Waals surface area contributed by atoms with Crippen molar-refractivity contribution in [2.75, 3.05) is 26.8 Å². The van der Waals surface area contributed by atoms with Crippen molar-refractivity contribution >= 4 is 29.9 Å². The second-order valence-electron chi connectivity index (χ2n) is 5.92. The summed E-state index contributed by atoms with van der Waals surface area (Å²) in [5.74, 6) is 3.18. The van der Waals surface area contributed by atoms with Crippen molar-refractivity contribution in [2.45, 2.75) is 19.6 Å². The lowest BCUT2D eigenvalue weighted by Crippen LogP contribution is -2.45. The van der Waals surface area contributed by atoms with Crippen LogP contribution in [0.4, 0.5) is 0 Å². The minimum Gasteiger partial charge on any atom is -0.497 e. The molecule has 146 valence electrons. The van der Waals surface area contributed by atoms with Crippen LogP contribution in [0.1, 0.15) is 12.5 Å². The van der Waals surface area contributed by atoms with Crippen molar-refractivity contribution in [3.05, 3.63) is 54.1 Å². The first-order valence-electron chi connectivity index (χ1n) is 8.82. The van der Waals surface area contributed by atoms with Gasteiger partial charge < -0.3 is 24.8 Å². The van der Waals surface area contributed by atoms with E-state index >= 15 is 0 Å². The smallest absolute Gasteiger partial charge is 0.191 e. The Labute approximate surface area is 177 Å². The third-order valence-electron chi connectivity index (χ3n) is 3.99. The van der Waals surface area contributed by atoms with E-state index in [1.807, 2.05) is 55.5 Å². The number of methoxy groups -OCH3 is 1.